The minimum Gasteiger partial charge on any atom is -0.453 e. The standard InChI is InChI=1S/C14H14ClNO3/c1-18-9-11-6-7-13(19-11)14(17)16-8-10-4-2-3-5-12(10)15/h2-7H,8-9H2,1H3,(H,16,17). The molecule has 0 saturated carbocycles. The number of nitrogens with one attached hydrogen (secondary N) is 1. The minimum absolute atomic E-state index is 0.263. The molecule has 2 rings (SSSR count). The van der Waals surface area contributed by atoms with Crippen LogP contribution in [0.2, 0.25) is 5.02 Å². The molecule has 0 aliphatic carbocycles. The summed E-state index contributed by atoms with van der Waals surface area (Å²) in [6.45, 7) is 0.705. The van der Waals surface area contributed by atoms with E-state index in [1.165, 1.54) is 0 Å². The molecule has 1 aromatic heterocycles. The Balaban J connectivity index is 1.95. The van der Waals surface area contributed by atoms with Crippen LogP contribution in [0.4, 0.5) is 0 Å². The summed E-state index contributed by atoms with van der Waals surface area (Å²) in [7, 11) is 1.57. The highest BCUT2D eigenvalue weighted by molar-refractivity contribution is 6.31. The normalized spacial score (nSPS) is 10.4. The number of rotatable bonds is 5. The second-order valence-electron chi connectivity index (χ2n) is 3.97. The van der Waals surface area contributed by atoms with Crippen LogP contribution >= 0.6 is 11.6 Å². The molecule has 0 bridgehead atoms. The zero-order valence-electron chi connectivity index (χ0n) is 10.5. The van der Waals surface area contributed by atoms with Crippen molar-refractivity contribution in [1.29, 1.82) is 0 Å². The van der Waals surface area contributed by atoms with Crippen LogP contribution in [0.5, 0.6) is 0 Å². The molecule has 2 aromatic rings. The van der Waals surface area contributed by atoms with Gasteiger partial charge in [0.05, 0.1) is 0 Å². The average Bonchev–Trinajstić information content (AvgIpc) is 2.87. The number of ether oxygens (including phenoxy) is 1. The maximum absolute atomic E-state index is 11.9. The van der Waals surface area contributed by atoms with E-state index in [1.54, 1.807) is 25.3 Å². The summed E-state index contributed by atoms with van der Waals surface area (Å²) in [5.74, 6) is 0.603. The first-order valence-electron chi connectivity index (χ1n) is 5.80. The van der Waals surface area contributed by atoms with E-state index in [0.717, 1.165) is 5.56 Å². The molecule has 0 radical (unpaired) electrons. The molecular weight excluding hydrogens is 266 g/mol. The van der Waals surface area contributed by atoms with Crippen LogP contribution in [0.1, 0.15) is 21.9 Å². The summed E-state index contributed by atoms with van der Waals surface area (Å²) in [5, 5.41) is 3.38. The second kappa shape index (κ2) is 6.41. The predicted octanol–water partition coefficient (Wildman–Crippen LogP) is 3.01. The number of halogens is 1. The molecule has 0 fully saturated rings. The van der Waals surface area contributed by atoms with Crippen molar-refractivity contribution in [2.24, 2.45) is 0 Å². The van der Waals surface area contributed by atoms with Crippen LogP contribution < -0.4 is 5.32 Å². The molecule has 0 saturated heterocycles. The quantitative estimate of drug-likeness (QED) is 0.915. The number of benzene rings is 1. The van der Waals surface area contributed by atoms with Gasteiger partial charge in [-0.1, -0.05) is 29.8 Å². The summed E-state index contributed by atoms with van der Waals surface area (Å²) in [4.78, 5) is 11.9. The molecule has 1 heterocycles. The minimum atomic E-state index is -0.276. The van der Waals surface area contributed by atoms with E-state index >= 15 is 0 Å². The maximum Gasteiger partial charge on any atom is 0.287 e. The SMILES string of the molecule is COCc1ccc(C(=O)NCc2ccccc2Cl)o1. The van der Waals surface area contributed by atoms with Crippen molar-refractivity contribution in [3.8, 4) is 0 Å². The fourth-order valence-corrected chi connectivity index (χ4v) is 1.83. The Morgan fingerprint density at radius 2 is 2.11 bits per heavy atom. The lowest BCUT2D eigenvalue weighted by Crippen LogP contribution is -2.22. The predicted molar refractivity (Wildman–Crippen MR) is 72.0 cm³/mol. The third-order valence-corrected chi connectivity index (χ3v) is 2.94. The number of amides is 1. The smallest absolute Gasteiger partial charge is 0.287 e. The van der Waals surface area contributed by atoms with Crippen molar-refractivity contribution in [3.05, 3.63) is 58.5 Å². The summed E-state index contributed by atoms with van der Waals surface area (Å²) in [5.41, 5.74) is 0.862. The molecule has 100 valence electrons. The van der Waals surface area contributed by atoms with Gasteiger partial charge in [0.1, 0.15) is 12.4 Å². The van der Waals surface area contributed by atoms with Crippen LogP contribution in [-0.4, -0.2) is 13.0 Å². The monoisotopic (exact) mass is 279 g/mol. The van der Waals surface area contributed by atoms with Crippen molar-refractivity contribution in [3.63, 3.8) is 0 Å². The number of furan rings is 1. The Kier molecular flexibility index (Phi) is 4.60. The van der Waals surface area contributed by atoms with Gasteiger partial charge >= 0.3 is 0 Å². The van der Waals surface area contributed by atoms with Crippen LogP contribution in [0.25, 0.3) is 0 Å². The van der Waals surface area contributed by atoms with Gasteiger partial charge in [0, 0.05) is 18.7 Å². The van der Waals surface area contributed by atoms with Crippen molar-refractivity contribution in [2.45, 2.75) is 13.2 Å². The lowest BCUT2D eigenvalue weighted by Gasteiger charge is -2.05. The van der Waals surface area contributed by atoms with Gasteiger partial charge in [-0.05, 0) is 23.8 Å². The topological polar surface area (TPSA) is 51.5 Å². The first kappa shape index (κ1) is 13.6. The molecule has 19 heavy (non-hydrogen) atoms. The maximum atomic E-state index is 11.9. The summed E-state index contributed by atoms with van der Waals surface area (Å²) in [6.07, 6.45) is 0. The van der Waals surface area contributed by atoms with E-state index < -0.39 is 0 Å². The van der Waals surface area contributed by atoms with Gasteiger partial charge < -0.3 is 14.5 Å². The van der Waals surface area contributed by atoms with E-state index in [2.05, 4.69) is 5.32 Å². The van der Waals surface area contributed by atoms with E-state index in [1.807, 2.05) is 18.2 Å². The Hall–Kier alpha value is -1.78. The first-order valence-corrected chi connectivity index (χ1v) is 6.17. The van der Waals surface area contributed by atoms with Crippen LogP contribution in [-0.2, 0) is 17.9 Å². The number of methoxy groups -OCH3 is 1. The Bertz CT molecular complexity index is 565. The average molecular weight is 280 g/mol. The number of hydrogen-bond acceptors (Lipinski definition) is 3. The third-order valence-electron chi connectivity index (χ3n) is 2.57. The van der Waals surface area contributed by atoms with Crippen molar-refractivity contribution >= 4 is 17.5 Å². The first-order chi connectivity index (χ1) is 9.20. The largest absolute Gasteiger partial charge is 0.453 e. The molecule has 0 atom stereocenters. The molecule has 0 spiro atoms. The van der Waals surface area contributed by atoms with E-state index in [-0.39, 0.29) is 11.7 Å². The highest BCUT2D eigenvalue weighted by atomic mass is 35.5. The highest BCUT2D eigenvalue weighted by Crippen LogP contribution is 2.15. The summed E-state index contributed by atoms with van der Waals surface area (Å²) >= 11 is 6.01. The van der Waals surface area contributed by atoms with Gasteiger partial charge in [-0.15, -0.1) is 0 Å². The van der Waals surface area contributed by atoms with Crippen molar-refractivity contribution in [1.82, 2.24) is 5.32 Å². The highest BCUT2D eigenvalue weighted by Gasteiger charge is 2.11. The molecule has 1 amide bonds. The molecule has 1 N–H and O–H groups in total. The van der Waals surface area contributed by atoms with E-state index in [0.29, 0.717) is 23.9 Å². The van der Waals surface area contributed by atoms with E-state index in [9.17, 15) is 4.79 Å². The fourth-order valence-electron chi connectivity index (χ4n) is 1.62. The molecule has 0 unspecified atom stereocenters. The molecular formula is C14H14ClNO3. The second-order valence-corrected chi connectivity index (χ2v) is 4.38. The van der Waals surface area contributed by atoms with Gasteiger partial charge in [0.15, 0.2) is 5.76 Å². The van der Waals surface area contributed by atoms with Crippen LogP contribution in [0, 0.1) is 0 Å². The molecule has 1 aromatic carbocycles. The van der Waals surface area contributed by atoms with E-state index in [4.69, 9.17) is 20.8 Å². The van der Waals surface area contributed by atoms with Gasteiger partial charge in [-0.2, -0.15) is 0 Å². The van der Waals surface area contributed by atoms with Gasteiger partial charge in [-0.25, -0.2) is 0 Å². The molecule has 0 aliphatic rings. The van der Waals surface area contributed by atoms with Crippen molar-refractivity contribution in [2.75, 3.05) is 7.11 Å². The van der Waals surface area contributed by atoms with Gasteiger partial charge in [0.2, 0.25) is 0 Å². The van der Waals surface area contributed by atoms with Crippen molar-refractivity contribution < 1.29 is 13.9 Å². The number of hydrogen-bond donors (Lipinski definition) is 1. The fraction of sp³-hybridized carbons (Fsp3) is 0.214. The van der Waals surface area contributed by atoms with Gasteiger partial charge in [0.25, 0.3) is 5.91 Å². The summed E-state index contributed by atoms with van der Waals surface area (Å²) < 4.78 is 10.3. The lowest BCUT2D eigenvalue weighted by atomic mass is 10.2. The zero-order chi connectivity index (χ0) is 13.7. The number of carbonyl (C=O) groups excluding carboxylic acids is 1. The lowest BCUT2D eigenvalue weighted by molar-refractivity contribution is 0.0914. The number of carbonyl (C=O) groups is 1. The zero-order valence-corrected chi connectivity index (χ0v) is 11.2. The van der Waals surface area contributed by atoms with Gasteiger partial charge in [-0.3, -0.25) is 4.79 Å². The Morgan fingerprint density at radius 1 is 1.32 bits per heavy atom. The van der Waals surface area contributed by atoms with Crippen LogP contribution in [0.15, 0.2) is 40.8 Å². The third kappa shape index (κ3) is 3.59. The molecule has 5 heteroatoms. The molecule has 0 aliphatic heterocycles. The van der Waals surface area contributed by atoms with Crippen LogP contribution in [0.3, 0.4) is 0 Å². The Labute approximate surface area is 116 Å². The summed E-state index contributed by atoms with van der Waals surface area (Å²) in [6, 6.07) is 10.7. The molecule has 4 nitrogen and oxygen atoms in total. The Morgan fingerprint density at radius 3 is 2.84 bits per heavy atom.